The Kier molecular flexibility index (Phi) is 4.98. The van der Waals surface area contributed by atoms with Crippen molar-refractivity contribution in [2.45, 2.75) is 5.92 Å². The lowest BCUT2D eigenvalue weighted by atomic mass is 9.82. The Morgan fingerprint density at radius 3 is 2.63 bits per heavy atom. The summed E-state index contributed by atoms with van der Waals surface area (Å²) >= 11 is 6.33. The molecule has 0 saturated heterocycles. The van der Waals surface area contributed by atoms with E-state index in [1.54, 1.807) is 24.3 Å². The van der Waals surface area contributed by atoms with Crippen LogP contribution in [0.4, 0.5) is 4.39 Å². The molecule has 1 atom stereocenters. The molecule has 0 bridgehead atoms. The molecule has 0 saturated carbocycles. The highest BCUT2D eigenvalue weighted by Gasteiger charge is 2.38. The van der Waals surface area contributed by atoms with Crippen molar-refractivity contribution < 1.29 is 18.6 Å². The molecule has 3 N–H and O–H groups in total. The van der Waals surface area contributed by atoms with Gasteiger partial charge in [-0.3, -0.25) is 5.10 Å². The van der Waals surface area contributed by atoms with Gasteiger partial charge >= 0.3 is 0 Å². The number of nitriles is 1. The third-order valence-electron chi connectivity index (χ3n) is 4.90. The highest BCUT2D eigenvalue weighted by atomic mass is 35.5. The second kappa shape index (κ2) is 7.61. The van der Waals surface area contributed by atoms with Crippen molar-refractivity contribution in [2.24, 2.45) is 5.73 Å². The Morgan fingerprint density at radius 2 is 1.97 bits per heavy atom. The predicted molar refractivity (Wildman–Crippen MR) is 108 cm³/mol. The summed E-state index contributed by atoms with van der Waals surface area (Å²) in [5.41, 5.74) is 7.72. The van der Waals surface area contributed by atoms with Gasteiger partial charge in [0.15, 0.2) is 11.5 Å². The third-order valence-corrected chi connectivity index (χ3v) is 5.23. The molecule has 4 rings (SSSR count). The average molecular weight is 427 g/mol. The second-order valence-corrected chi connectivity index (χ2v) is 6.85. The van der Waals surface area contributed by atoms with E-state index in [4.69, 9.17) is 31.5 Å². The molecule has 30 heavy (non-hydrogen) atoms. The molecule has 2 aromatic carbocycles. The number of aromatic amines is 1. The number of methoxy groups -OCH3 is 2. The number of halogens is 2. The van der Waals surface area contributed by atoms with Gasteiger partial charge in [-0.25, -0.2) is 4.39 Å². The molecule has 7 nitrogen and oxygen atoms in total. The van der Waals surface area contributed by atoms with Crippen LogP contribution in [0.1, 0.15) is 17.0 Å². The molecule has 0 fully saturated rings. The topological polar surface area (TPSA) is 106 Å². The minimum atomic E-state index is -0.908. The smallest absolute Gasteiger partial charge is 0.244 e. The zero-order valence-electron chi connectivity index (χ0n) is 16.0. The summed E-state index contributed by atoms with van der Waals surface area (Å²) in [5.74, 6) is -0.456. The molecular weight excluding hydrogens is 411 g/mol. The number of hydrogen-bond donors (Lipinski definition) is 2. The first-order valence-corrected chi connectivity index (χ1v) is 9.20. The summed E-state index contributed by atoms with van der Waals surface area (Å²) in [5, 5.41) is 17.0. The first-order chi connectivity index (χ1) is 14.5. The number of nitrogens with zero attached hydrogens (tertiary/aromatic N) is 2. The van der Waals surface area contributed by atoms with Gasteiger partial charge in [0.25, 0.3) is 0 Å². The molecule has 1 aromatic heterocycles. The third kappa shape index (κ3) is 3.00. The van der Waals surface area contributed by atoms with Crippen molar-refractivity contribution in [1.82, 2.24) is 10.2 Å². The fourth-order valence-corrected chi connectivity index (χ4v) is 3.80. The number of fused-ring (bicyclic) bond motifs is 1. The minimum absolute atomic E-state index is 0.0395. The normalized spacial score (nSPS) is 15.2. The molecule has 0 radical (unpaired) electrons. The van der Waals surface area contributed by atoms with Crippen LogP contribution in [0.2, 0.25) is 5.02 Å². The van der Waals surface area contributed by atoms with E-state index in [1.165, 1.54) is 26.4 Å². The Labute approximate surface area is 176 Å². The largest absolute Gasteiger partial charge is 0.493 e. The Bertz CT molecular complexity index is 1200. The number of aromatic nitrogens is 2. The van der Waals surface area contributed by atoms with E-state index in [-0.39, 0.29) is 27.9 Å². The number of nitrogens with two attached hydrogens (primary N) is 1. The molecule has 9 heteroatoms. The van der Waals surface area contributed by atoms with E-state index in [0.717, 1.165) is 0 Å². The zero-order valence-corrected chi connectivity index (χ0v) is 16.7. The van der Waals surface area contributed by atoms with Crippen molar-refractivity contribution in [3.8, 4) is 34.7 Å². The van der Waals surface area contributed by atoms with E-state index in [1.807, 2.05) is 6.07 Å². The first-order valence-electron chi connectivity index (χ1n) is 8.82. The fraction of sp³-hybridized carbons (Fsp3) is 0.143. The zero-order chi connectivity index (χ0) is 21.4. The average Bonchev–Trinajstić information content (AvgIpc) is 3.16. The molecule has 2 heterocycles. The van der Waals surface area contributed by atoms with Crippen molar-refractivity contribution in [1.29, 1.82) is 5.26 Å². The van der Waals surface area contributed by atoms with Gasteiger partial charge in [-0.05, 0) is 30.3 Å². The Balaban J connectivity index is 1.98. The standard InChI is InChI=1S/C21H16ClFN4O3/c1-28-14-7-6-10(8-15(14)29-2)19-18-16(17-12(22)4-3-5-13(17)23)11(9-24)20(25)30-21(18)27-26-19/h3-8,16H,25H2,1-2H3,(H,26,27)/t16-/m0/s1. The maximum Gasteiger partial charge on any atom is 0.244 e. The van der Waals surface area contributed by atoms with Crippen molar-refractivity contribution in [3.63, 3.8) is 0 Å². The van der Waals surface area contributed by atoms with Crippen molar-refractivity contribution >= 4 is 11.6 Å². The van der Waals surface area contributed by atoms with Gasteiger partial charge in [0.2, 0.25) is 11.8 Å². The monoisotopic (exact) mass is 426 g/mol. The van der Waals surface area contributed by atoms with Gasteiger partial charge in [-0.1, -0.05) is 17.7 Å². The van der Waals surface area contributed by atoms with Gasteiger partial charge in [0, 0.05) is 16.1 Å². The summed E-state index contributed by atoms with van der Waals surface area (Å²) in [4.78, 5) is 0. The SMILES string of the molecule is COc1ccc(-c2[nH]nc3c2[C@H](c2c(F)cccc2Cl)C(C#N)=C(N)O3)cc1OC. The van der Waals surface area contributed by atoms with Gasteiger partial charge in [-0.15, -0.1) is 5.10 Å². The van der Waals surface area contributed by atoms with Crippen molar-refractivity contribution in [2.75, 3.05) is 14.2 Å². The number of rotatable bonds is 4. The summed E-state index contributed by atoms with van der Waals surface area (Å²) in [6, 6.07) is 11.6. The number of ether oxygens (including phenoxy) is 3. The lowest BCUT2D eigenvalue weighted by Crippen LogP contribution is -2.21. The molecular formula is C21H16ClFN4O3. The lowest BCUT2D eigenvalue weighted by molar-refractivity contribution is 0.355. The van der Waals surface area contributed by atoms with E-state index in [0.29, 0.717) is 28.3 Å². The van der Waals surface area contributed by atoms with Crippen LogP contribution in [0, 0.1) is 17.1 Å². The van der Waals surface area contributed by atoms with Crippen LogP contribution in [-0.2, 0) is 0 Å². The predicted octanol–water partition coefficient (Wildman–Crippen LogP) is 4.10. The number of benzene rings is 2. The highest BCUT2D eigenvalue weighted by molar-refractivity contribution is 6.31. The summed E-state index contributed by atoms with van der Waals surface area (Å²) < 4.78 is 31.1. The molecule has 0 amide bonds. The Morgan fingerprint density at radius 1 is 1.20 bits per heavy atom. The van der Waals surface area contributed by atoms with E-state index in [9.17, 15) is 9.65 Å². The molecule has 1 aliphatic rings. The number of H-pyrrole nitrogens is 1. The Hall–Kier alpha value is -3.70. The van der Waals surface area contributed by atoms with E-state index < -0.39 is 11.7 Å². The van der Waals surface area contributed by atoms with Crippen LogP contribution in [0.25, 0.3) is 11.3 Å². The second-order valence-electron chi connectivity index (χ2n) is 6.45. The minimum Gasteiger partial charge on any atom is -0.493 e. The lowest BCUT2D eigenvalue weighted by Gasteiger charge is -2.25. The van der Waals surface area contributed by atoms with Crippen LogP contribution in [-0.4, -0.2) is 24.4 Å². The van der Waals surface area contributed by atoms with Gasteiger partial charge in [0.1, 0.15) is 17.5 Å². The van der Waals surface area contributed by atoms with Gasteiger partial charge in [0.05, 0.1) is 31.4 Å². The highest BCUT2D eigenvalue weighted by Crippen LogP contribution is 2.48. The van der Waals surface area contributed by atoms with E-state index >= 15 is 0 Å². The summed E-state index contributed by atoms with van der Waals surface area (Å²) in [6.07, 6.45) is 0. The number of hydrogen-bond acceptors (Lipinski definition) is 6. The number of allylic oxidation sites excluding steroid dienone is 1. The number of nitrogens with one attached hydrogen (secondary N) is 1. The van der Waals surface area contributed by atoms with Crippen LogP contribution >= 0.6 is 11.6 Å². The van der Waals surface area contributed by atoms with Gasteiger partial charge in [-0.2, -0.15) is 5.26 Å². The van der Waals surface area contributed by atoms with Crippen LogP contribution in [0.15, 0.2) is 47.9 Å². The van der Waals surface area contributed by atoms with Crippen LogP contribution in [0.5, 0.6) is 17.4 Å². The molecule has 0 unspecified atom stereocenters. The van der Waals surface area contributed by atoms with Gasteiger partial charge < -0.3 is 19.9 Å². The van der Waals surface area contributed by atoms with E-state index in [2.05, 4.69) is 10.2 Å². The maximum absolute atomic E-state index is 14.9. The van der Waals surface area contributed by atoms with Crippen LogP contribution < -0.4 is 19.9 Å². The maximum atomic E-state index is 14.9. The van der Waals surface area contributed by atoms with Crippen molar-refractivity contribution in [3.05, 3.63) is 69.8 Å². The molecule has 152 valence electrons. The summed E-state index contributed by atoms with van der Waals surface area (Å²) in [6.45, 7) is 0. The first kappa shape index (κ1) is 19.6. The van der Waals surface area contributed by atoms with Crippen LogP contribution in [0.3, 0.4) is 0 Å². The molecule has 3 aromatic rings. The fourth-order valence-electron chi connectivity index (χ4n) is 3.53. The molecule has 0 aliphatic carbocycles. The summed E-state index contributed by atoms with van der Waals surface area (Å²) in [7, 11) is 3.05. The quantitative estimate of drug-likeness (QED) is 0.650. The molecule has 0 spiro atoms. The molecule has 1 aliphatic heterocycles.